The molecule has 1 aromatic carbocycles. The van der Waals surface area contributed by atoms with Crippen LogP contribution in [0.15, 0.2) is 22.1 Å². The zero-order valence-corrected chi connectivity index (χ0v) is 12.0. The Morgan fingerprint density at radius 3 is 2.55 bits per heavy atom. The lowest BCUT2D eigenvalue weighted by molar-refractivity contribution is 0.0516. The van der Waals surface area contributed by atoms with E-state index >= 15 is 0 Å². The van der Waals surface area contributed by atoms with Gasteiger partial charge in [-0.3, -0.25) is 0 Å². The summed E-state index contributed by atoms with van der Waals surface area (Å²) in [6.07, 6.45) is 0. The van der Waals surface area contributed by atoms with Gasteiger partial charge in [0.2, 0.25) is 5.96 Å². The molecule has 0 saturated carbocycles. The maximum atomic E-state index is 11.9. The van der Waals surface area contributed by atoms with E-state index < -0.39 is 5.97 Å². The first-order valence-corrected chi connectivity index (χ1v) is 6.56. The molecule has 22 heavy (non-hydrogen) atoms. The van der Waals surface area contributed by atoms with Crippen LogP contribution in [-0.2, 0) is 4.74 Å². The zero-order valence-electron chi connectivity index (χ0n) is 12.0. The van der Waals surface area contributed by atoms with Crippen molar-refractivity contribution in [1.82, 2.24) is 0 Å². The third-order valence-corrected chi connectivity index (χ3v) is 2.64. The first kappa shape index (κ1) is 15.4. The SMILES string of the molecule is CCOC(=O)c1ccc(N=C(N)N=C(N)N)c2c1OCCO2. The third kappa shape index (κ3) is 3.37. The van der Waals surface area contributed by atoms with E-state index in [1.165, 1.54) is 6.07 Å². The van der Waals surface area contributed by atoms with Crippen LogP contribution in [0, 0.1) is 0 Å². The van der Waals surface area contributed by atoms with Crippen LogP contribution in [0.25, 0.3) is 0 Å². The molecule has 9 nitrogen and oxygen atoms in total. The fraction of sp³-hybridized carbons (Fsp3) is 0.308. The fourth-order valence-corrected chi connectivity index (χ4v) is 1.86. The summed E-state index contributed by atoms with van der Waals surface area (Å²) in [7, 11) is 0. The molecular formula is C13H17N5O4. The molecule has 0 fully saturated rings. The molecule has 6 N–H and O–H groups in total. The molecule has 1 aliphatic rings. The number of hydrogen-bond donors (Lipinski definition) is 3. The van der Waals surface area contributed by atoms with E-state index in [2.05, 4.69) is 9.98 Å². The quantitative estimate of drug-likeness (QED) is 0.399. The van der Waals surface area contributed by atoms with Crippen LogP contribution >= 0.6 is 0 Å². The molecule has 0 saturated heterocycles. The van der Waals surface area contributed by atoms with E-state index in [4.69, 9.17) is 31.4 Å². The molecule has 2 rings (SSSR count). The molecule has 0 radical (unpaired) electrons. The Morgan fingerprint density at radius 2 is 1.91 bits per heavy atom. The van der Waals surface area contributed by atoms with Crippen LogP contribution in [0.4, 0.5) is 5.69 Å². The van der Waals surface area contributed by atoms with E-state index in [1.54, 1.807) is 13.0 Å². The molecule has 0 aromatic heterocycles. The van der Waals surface area contributed by atoms with Crippen molar-refractivity contribution >= 4 is 23.6 Å². The number of esters is 1. The Labute approximate surface area is 126 Å². The standard InChI is InChI=1S/C13H17N5O4/c1-2-20-11(19)7-3-4-8(17-13(16)18-12(14)15)10-9(7)21-5-6-22-10/h3-4H,2,5-6H2,1H3,(H6,14,15,16,17,18). The molecule has 0 spiro atoms. The normalized spacial score (nSPS) is 13.4. The fourth-order valence-electron chi connectivity index (χ4n) is 1.86. The molecule has 0 bridgehead atoms. The van der Waals surface area contributed by atoms with Gasteiger partial charge < -0.3 is 31.4 Å². The van der Waals surface area contributed by atoms with Crippen molar-refractivity contribution in [3.8, 4) is 11.5 Å². The predicted molar refractivity (Wildman–Crippen MR) is 80.5 cm³/mol. The summed E-state index contributed by atoms with van der Waals surface area (Å²) in [6.45, 7) is 2.61. The molecular weight excluding hydrogens is 290 g/mol. The van der Waals surface area contributed by atoms with Gasteiger partial charge in [-0.1, -0.05) is 0 Å². The van der Waals surface area contributed by atoms with Gasteiger partial charge in [0.15, 0.2) is 17.5 Å². The highest BCUT2D eigenvalue weighted by atomic mass is 16.6. The maximum Gasteiger partial charge on any atom is 0.342 e. The van der Waals surface area contributed by atoms with Gasteiger partial charge in [-0.25, -0.2) is 9.79 Å². The number of fused-ring (bicyclic) bond motifs is 1. The summed E-state index contributed by atoms with van der Waals surface area (Å²) in [5.41, 5.74) is 16.7. The summed E-state index contributed by atoms with van der Waals surface area (Å²) in [4.78, 5) is 19.6. The number of aliphatic imine (C=N–C) groups is 2. The Hall–Kier alpha value is -2.97. The van der Waals surface area contributed by atoms with Gasteiger partial charge in [-0.15, -0.1) is 0 Å². The number of guanidine groups is 2. The average Bonchev–Trinajstić information content (AvgIpc) is 2.47. The maximum absolute atomic E-state index is 11.9. The van der Waals surface area contributed by atoms with Gasteiger partial charge in [-0.2, -0.15) is 4.99 Å². The van der Waals surface area contributed by atoms with Gasteiger partial charge in [-0.05, 0) is 19.1 Å². The number of carbonyl (C=O) groups is 1. The molecule has 1 heterocycles. The largest absolute Gasteiger partial charge is 0.485 e. The first-order chi connectivity index (χ1) is 10.5. The van der Waals surface area contributed by atoms with Gasteiger partial charge in [0.25, 0.3) is 0 Å². The lowest BCUT2D eigenvalue weighted by Gasteiger charge is -2.21. The summed E-state index contributed by atoms with van der Waals surface area (Å²) < 4.78 is 16.0. The van der Waals surface area contributed by atoms with Crippen LogP contribution in [-0.4, -0.2) is 37.7 Å². The number of carbonyl (C=O) groups excluding carboxylic acids is 1. The summed E-state index contributed by atoms with van der Waals surface area (Å²) in [6, 6.07) is 3.07. The van der Waals surface area contributed by atoms with E-state index in [-0.39, 0.29) is 29.8 Å². The molecule has 1 aromatic rings. The molecule has 0 atom stereocenters. The number of benzene rings is 1. The van der Waals surface area contributed by atoms with E-state index in [0.717, 1.165) is 0 Å². The van der Waals surface area contributed by atoms with Crippen LogP contribution < -0.4 is 26.7 Å². The van der Waals surface area contributed by atoms with Crippen molar-refractivity contribution in [3.05, 3.63) is 17.7 Å². The second-order valence-electron chi connectivity index (χ2n) is 4.21. The first-order valence-electron chi connectivity index (χ1n) is 6.56. The van der Waals surface area contributed by atoms with Gasteiger partial charge in [0, 0.05) is 0 Å². The van der Waals surface area contributed by atoms with E-state index in [0.29, 0.717) is 24.7 Å². The number of nitrogens with zero attached hydrogens (tertiary/aromatic N) is 2. The highest BCUT2D eigenvalue weighted by molar-refractivity contribution is 5.97. The Bertz CT molecular complexity index is 638. The number of hydrogen-bond acceptors (Lipinski definition) is 5. The highest BCUT2D eigenvalue weighted by Crippen LogP contribution is 2.42. The minimum atomic E-state index is -0.503. The lowest BCUT2D eigenvalue weighted by Crippen LogP contribution is -2.26. The lowest BCUT2D eigenvalue weighted by atomic mass is 10.1. The monoisotopic (exact) mass is 307 g/mol. The summed E-state index contributed by atoms with van der Waals surface area (Å²) in [5, 5.41) is 0. The van der Waals surface area contributed by atoms with Crippen LogP contribution in [0.3, 0.4) is 0 Å². The molecule has 118 valence electrons. The number of rotatable bonds is 3. The van der Waals surface area contributed by atoms with Crippen molar-refractivity contribution in [2.24, 2.45) is 27.2 Å². The van der Waals surface area contributed by atoms with Crippen molar-refractivity contribution < 1.29 is 19.0 Å². The summed E-state index contributed by atoms with van der Waals surface area (Å²) in [5.74, 6) is -0.290. The van der Waals surface area contributed by atoms with Crippen molar-refractivity contribution in [2.45, 2.75) is 6.92 Å². The topological polar surface area (TPSA) is 148 Å². The van der Waals surface area contributed by atoms with Crippen molar-refractivity contribution in [3.63, 3.8) is 0 Å². The minimum absolute atomic E-state index is 0.139. The van der Waals surface area contributed by atoms with Crippen LogP contribution in [0.1, 0.15) is 17.3 Å². The van der Waals surface area contributed by atoms with Crippen molar-refractivity contribution in [1.29, 1.82) is 0 Å². The van der Waals surface area contributed by atoms with Gasteiger partial charge >= 0.3 is 5.97 Å². The van der Waals surface area contributed by atoms with E-state index in [1.807, 2.05) is 0 Å². The van der Waals surface area contributed by atoms with E-state index in [9.17, 15) is 4.79 Å². The van der Waals surface area contributed by atoms with Crippen molar-refractivity contribution in [2.75, 3.05) is 19.8 Å². The average molecular weight is 307 g/mol. The zero-order chi connectivity index (χ0) is 16.1. The second-order valence-corrected chi connectivity index (χ2v) is 4.21. The van der Waals surface area contributed by atoms with Gasteiger partial charge in [0.1, 0.15) is 24.5 Å². The Balaban J connectivity index is 2.46. The Morgan fingerprint density at radius 1 is 1.23 bits per heavy atom. The predicted octanol–water partition coefficient (Wildman–Crippen LogP) is -0.146. The van der Waals surface area contributed by atoms with Gasteiger partial charge in [0.05, 0.1) is 6.61 Å². The molecule has 0 amide bonds. The van der Waals surface area contributed by atoms with Crippen LogP contribution in [0.2, 0.25) is 0 Å². The smallest absolute Gasteiger partial charge is 0.342 e. The number of nitrogens with two attached hydrogens (primary N) is 3. The molecule has 0 unspecified atom stereocenters. The molecule has 1 aliphatic heterocycles. The summed E-state index contributed by atoms with van der Waals surface area (Å²) >= 11 is 0. The van der Waals surface area contributed by atoms with Crippen LogP contribution in [0.5, 0.6) is 11.5 Å². The number of ether oxygens (including phenoxy) is 3. The minimum Gasteiger partial charge on any atom is -0.485 e. The second kappa shape index (κ2) is 6.66. The Kier molecular flexibility index (Phi) is 4.66. The highest BCUT2D eigenvalue weighted by Gasteiger charge is 2.24. The molecule has 9 heteroatoms. The third-order valence-electron chi connectivity index (χ3n) is 2.64. The molecule has 0 aliphatic carbocycles.